The van der Waals surface area contributed by atoms with Gasteiger partial charge in [0.2, 0.25) is 0 Å². The highest BCUT2D eigenvalue weighted by Crippen LogP contribution is 1.83. The highest BCUT2D eigenvalue weighted by molar-refractivity contribution is 6.14. The van der Waals surface area contributed by atoms with Gasteiger partial charge in [0.1, 0.15) is 24.6 Å². The summed E-state index contributed by atoms with van der Waals surface area (Å²) in [5.74, 6) is -0.725. The minimum atomic E-state index is -0.725. The number of hydrogen-bond acceptors (Lipinski definition) is 3. The molecule has 0 atom stereocenters. The molecule has 0 saturated carbocycles. The molecule has 0 saturated heterocycles. The Morgan fingerprint density at radius 2 is 2.43 bits per heavy atom. The van der Waals surface area contributed by atoms with Gasteiger partial charge in [-0.25, -0.2) is 0 Å². The molecule has 0 bridgehead atoms. The summed E-state index contributed by atoms with van der Waals surface area (Å²) in [5, 5.41) is 0. The minimum absolute atomic E-state index is 0.274. The molecule has 0 fully saturated rings. The number of carbonyl (C=O) groups is 2. The minimum Gasteiger partial charge on any atom is -0.347 e. The Labute approximate surface area is 45.4 Å². The van der Waals surface area contributed by atoms with Crippen LogP contribution in [0.4, 0.5) is 0 Å². The third-order valence-electron chi connectivity index (χ3n) is 0.336. The Morgan fingerprint density at radius 3 is 2.57 bits per heavy atom. The first kappa shape index (κ1) is 6.43. The zero-order valence-electron chi connectivity index (χ0n) is 3.39. The second kappa shape index (κ2) is 3.61. The molecule has 0 aliphatic carbocycles. The molecule has 0 aromatic carbocycles. The second-order valence-corrected chi connectivity index (χ2v) is 0.974. The van der Waals surface area contributed by atoms with Crippen LogP contribution in [0.1, 0.15) is 6.42 Å². The lowest BCUT2D eigenvalue weighted by Gasteiger charge is -1.81. The normalized spacial score (nSPS) is 7.57. The van der Waals surface area contributed by atoms with Gasteiger partial charge in [0.25, 0.3) is 0 Å². The van der Waals surface area contributed by atoms with Gasteiger partial charge in [0, 0.05) is 0 Å². The first-order valence-electron chi connectivity index (χ1n) is 1.56. The SMILES string of the molecule is O=CCC(=O)OCl. The number of hydrogen-bond donors (Lipinski definition) is 0. The van der Waals surface area contributed by atoms with E-state index in [4.69, 9.17) is 0 Å². The van der Waals surface area contributed by atoms with Crippen LogP contribution in [0.3, 0.4) is 0 Å². The van der Waals surface area contributed by atoms with Crippen molar-refractivity contribution in [1.82, 2.24) is 0 Å². The van der Waals surface area contributed by atoms with Crippen LogP contribution in [0.2, 0.25) is 0 Å². The maximum absolute atomic E-state index is 9.83. The first-order valence-corrected chi connectivity index (χ1v) is 1.87. The fourth-order valence-electron chi connectivity index (χ4n) is 0.0995. The molecule has 40 valence electrons. The molecule has 0 spiro atoms. The molecule has 4 heteroatoms. The number of carbonyl (C=O) groups excluding carboxylic acids is 2. The molecule has 0 aromatic rings. The third-order valence-corrected chi connectivity index (χ3v) is 0.508. The molecule has 0 heterocycles. The molecule has 0 unspecified atom stereocenters. The Balaban J connectivity index is 3.17. The lowest BCUT2D eigenvalue weighted by atomic mass is 10.5. The van der Waals surface area contributed by atoms with Crippen molar-refractivity contribution in [1.29, 1.82) is 0 Å². The summed E-state index contributed by atoms with van der Waals surface area (Å²) in [4.78, 5) is 19.2. The van der Waals surface area contributed by atoms with Crippen molar-refractivity contribution in [3.63, 3.8) is 0 Å². The van der Waals surface area contributed by atoms with Crippen LogP contribution in [-0.2, 0) is 13.9 Å². The molecule has 7 heavy (non-hydrogen) atoms. The maximum atomic E-state index is 9.83. The van der Waals surface area contributed by atoms with Gasteiger partial charge in [0.05, 0.1) is 0 Å². The third kappa shape index (κ3) is 3.26. The smallest absolute Gasteiger partial charge is 0.331 e. The van der Waals surface area contributed by atoms with Gasteiger partial charge in [-0.05, 0) is 0 Å². The van der Waals surface area contributed by atoms with Gasteiger partial charge in [-0.1, -0.05) is 0 Å². The van der Waals surface area contributed by atoms with Crippen molar-refractivity contribution in [3.8, 4) is 0 Å². The van der Waals surface area contributed by atoms with E-state index in [1.54, 1.807) is 0 Å². The number of rotatable bonds is 2. The van der Waals surface area contributed by atoms with Gasteiger partial charge >= 0.3 is 5.97 Å². The summed E-state index contributed by atoms with van der Waals surface area (Å²) >= 11 is 4.52. The summed E-state index contributed by atoms with van der Waals surface area (Å²) in [6.07, 6.45) is 0.147. The van der Waals surface area contributed by atoms with Crippen molar-refractivity contribution >= 4 is 24.1 Å². The lowest BCUT2D eigenvalue weighted by molar-refractivity contribution is -0.135. The molecular weight excluding hydrogens is 119 g/mol. The molecule has 0 aromatic heterocycles. The standard InChI is InChI=1S/C3H3ClO3/c4-7-3(6)1-2-5/h2H,1H2. The van der Waals surface area contributed by atoms with Crippen LogP contribution < -0.4 is 0 Å². The van der Waals surface area contributed by atoms with Crippen LogP contribution in [-0.4, -0.2) is 12.3 Å². The fourth-order valence-corrected chi connectivity index (χ4v) is 0.163. The molecule has 0 N–H and O–H groups in total. The Morgan fingerprint density at radius 1 is 1.86 bits per heavy atom. The molecule has 3 nitrogen and oxygen atoms in total. The molecule has 0 aliphatic heterocycles. The Kier molecular flexibility index (Phi) is 3.32. The molecular formula is C3H3ClO3. The molecule has 0 radical (unpaired) electrons. The summed E-state index contributed by atoms with van der Waals surface area (Å²) in [6, 6.07) is 0. The summed E-state index contributed by atoms with van der Waals surface area (Å²) in [6.45, 7) is 0. The van der Waals surface area contributed by atoms with E-state index in [-0.39, 0.29) is 6.42 Å². The van der Waals surface area contributed by atoms with Crippen LogP contribution in [0.25, 0.3) is 0 Å². The number of halogens is 1. The van der Waals surface area contributed by atoms with Gasteiger partial charge in [-0.3, -0.25) is 4.79 Å². The largest absolute Gasteiger partial charge is 0.347 e. The average molecular weight is 123 g/mol. The molecule has 0 amide bonds. The van der Waals surface area contributed by atoms with Crippen molar-refractivity contribution in [2.45, 2.75) is 6.42 Å². The van der Waals surface area contributed by atoms with E-state index in [1.165, 1.54) is 0 Å². The summed E-state index contributed by atoms with van der Waals surface area (Å²) in [7, 11) is 0. The maximum Gasteiger partial charge on any atom is 0.331 e. The van der Waals surface area contributed by atoms with E-state index >= 15 is 0 Å². The van der Waals surface area contributed by atoms with Crippen molar-refractivity contribution in [2.24, 2.45) is 0 Å². The van der Waals surface area contributed by atoms with E-state index in [9.17, 15) is 9.59 Å². The van der Waals surface area contributed by atoms with E-state index in [2.05, 4.69) is 16.2 Å². The topological polar surface area (TPSA) is 43.4 Å². The first-order chi connectivity index (χ1) is 3.31. The van der Waals surface area contributed by atoms with Crippen molar-refractivity contribution in [2.75, 3.05) is 0 Å². The summed E-state index contributed by atoms with van der Waals surface area (Å²) < 4.78 is 3.59. The van der Waals surface area contributed by atoms with E-state index < -0.39 is 5.97 Å². The van der Waals surface area contributed by atoms with Crippen LogP contribution in [0.5, 0.6) is 0 Å². The second-order valence-electron chi connectivity index (χ2n) is 0.820. The predicted octanol–water partition coefficient (Wildman–Crippen LogP) is 0.272. The lowest BCUT2D eigenvalue weighted by Crippen LogP contribution is -1.95. The Hall–Kier alpha value is -0.570. The van der Waals surface area contributed by atoms with Gasteiger partial charge < -0.3 is 9.08 Å². The van der Waals surface area contributed by atoms with E-state index in [0.717, 1.165) is 0 Å². The van der Waals surface area contributed by atoms with Gasteiger partial charge in [-0.15, -0.1) is 0 Å². The monoisotopic (exact) mass is 122 g/mol. The van der Waals surface area contributed by atoms with Crippen molar-refractivity contribution < 1.29 is 13.9 Å². The van der Waals surface area contributed by atoms with E-state index in [0.29, 0.717) is 6.29 Å². The van der Waals surface area contributed by atoms with Gasteiger partial charge in [-0.2, -0.15) is 0 Å². The van der Waals surface area contributed by atoms with Crippen LogP contribution in [0.15, 0.2) is 0 Å². The zero-order valence-corrected chi connectivity index (χ0v) is 4.14. The van der Waals surface area contributed by atoms with Crippen molar-refractivity contribution in [3.05, 3.63) is 0 Å². The molecule has 0 aliphatic rings. The fraction of sp³-hybridized carbons (Fsp3) is 0.333. The number of aldehydes is 1. The zero-order chi connectivity index (χ0) is 5.70. The average Bonchev–Trinajstić information content (AvgIpc) is 1.68. The predicted molar refractivity (Wildman–Crippen MR) is 22.6 cm³/mol. The highest BCUT2D eigenvalue weighted by Gasteiger charge is 1.95. The Bertz CT molecular complexity index is 80.2. The van der Waals surface area contributed by atoms with Crippen LogP contribution >= 0.6 is 11.9 Å². The molecule has 0 rings (SSSR count). The van der Waals surface area contributed by atoms with E-state index in [1.807, 2.05) is 0 Å². The quantitative estimate of drug-likeness (QED) is 0.390. The van der Waals surface area contributed by atoms with Crippen LogP contribution in [0, 0.1) is 0 Å². The van der Waals surface area contributed by atoms with Gasteiger partial charge in [0.15, 0.2) is 0 Å². The summed E-state index contributed by atoms with van der Waals surface area (Å²) in [5.41, 5.74) is 0. The highest BCUT2D eigenvalue weighted by atomic mass is 35.5.